The number of carbonyl (C=O) groups excluding carboxylic acids is 1. The van der Waals surface area contributed by atoms with Crippen LogP contribution in [0.2, 0.25) is 0 Å². The van der Waals surface area contributed by atoms with E-state index in [1.807, 2.05) is 37.9 Å². The molecule has 28 heavy (non-hydrogen) atoms. The zero-order chi connectivity index (χ0) is 20.1. The lowest BCUT2D eigenvalue weighted by atomic mass is 10.1. The third kappa shape index (κ3) is 4.80. The standard InChI is InChI=1S/C21H24FN5O/c1-15(25-21(28)14-26(3)13-17-7-9-23-10-8-17)20-12-24-27(16(20)2)19-6-4-5-18(22)11-19/h4-12,15H,13-14H2,1-3H3,(H,25,28). The monoisotopic (exact) mass is 381 g/mol. The van der Waals surface area contributed by atoms with Gasteiger partial charge in [-0.15, -0.1) is 0 Å². The van der Waals surface area contributed by atoms with Crippen LogP contribution in [0.5, 0.6) is 0 Å². The summed E-state index contributed by atoms with van der Waals surface area (Å²) in [5.74, 6) is -0.380. The highest BCUT2D eigenvalue weighted by atomic mass is 19.1. The van der Waals surface area contributed by atoms with Gasteiger partial charge in [0.05, 0.1) is 24.5 Å². The molecular weight excluding hydrogens is 357 g/mol. The van der Waals surface area contributed by atoms with Gasteiger partial charge in [-0.05, 0) is 56.8 Å². The molecule has 0 aliphatic heterocycles. The molecule has 0 spiro atoms. The molecule has 0 aliphatic carbocycles. The molecule has 146 valence electrons. The first-order valence-electron chi connectivity index (χ1n) is 9.11. The molecule has 7 heteroatoms. The van der Waals surface area contributed by atoms with E-state index in [0.29, 0.717) is 12.2 Å². The zero-order valence-electron chi connectivity index (χ0n) is 16.3. The number of rotatable bonds is 7. The molecule has 6 nitrogen and oxygen atoms in total. The van der Waals surface area contributed by atoms with Crippen LogP contribution < -0.4 is 5.32 Å². The van der Waals surface area contributed by atoms with Crippen LogP contribution in [0.4, 0.5) is 4.39 Å². The molecule has 2 heterocycles. The van der Waals surface area contributed by atoms with Crippen molar-refractivity contribution in [3.63, 3.8) is 0 Å². The number of nitrogens with one attached hydrogen (secondary N) is 1. The Morgan fingerprint density at radius 3 is 2.75 bits per heavy atom. The van der Waals surface area contributed by atoms with Crippen molar-refractivity contribution in [3.05, 3.63) is 77.6 Å². The van der Waals surface area contributed by atoms with E-state index in [9.17, 15) is 9.18 Å². The van der Waals surface area contributed by atoms with E-state index in [0.717, 1.165) is 16.8 Å². The van der Waals surface area contributed by atoms with Crippen LogP contribution >= 0.6 is 0 Å². The van der Waals surface area contributed by atoms with E-state index in [1.165, 1.54) is 12.1 Å². The highest BCUT2D eigenvalue weighted by molar-refractivity contribution is 5.78. The molecule has 0 radical (unpaired) electrons. The Bertz CT molecular complexity index is 941. The summed E-state index contributed by atoms with van der Waals surface area (Å²) in [6.45, 7) is 4.77. The number of hydrogen-bond donors (Lipinski definition) is 1. The summed E-state index contributed by atoms with van der Waals surface area (Å²) in [7, 11) is 1.90. The number of benzene rings is 1. The van der Waals surface area contributed by atoms with Crippen molar-refractivity contribution < 1.29 is 9.18 Å². The Kier molecular flexibility index (Phi) is 6.16. The number of amides is 1. The van der Waals surface area contributed by atoms with Gasteiger partial charge in [0.25, 0.3) is 0 Å². The summed E-state index contributed by atoms with van der Waals surface area (Å²) in [5.41, 5.74) is 3.52. The molecule has 3 aromatic rings. The van der Waals surface area contributed by atoms with Crippen LogP contribution in [0, 0.1) is 12.7 Å². The van der Waals surface area contributed by atoms with Gasteiger partial charge < -0.3 is 5.32 Å². The molecule has 2 aromatic heterocycles. The molecule has 0 aliphatic rings. The van der Waals surface area contributed by atoms with Crippen molar-refractivity contribution in [2.45, 2.75) is 26.4 Å². The first kappa shape index (κ1) is 19.7. The number of likely N-dealkylation sites (N-methyl/N-ethyl adjacent to an activating group) is 1. The zero-order valence-corrected chi connectivity index (χ0v) is 16.3. The first-order valence-corrected chi connectivity index (χ1v) is 9.11. The van der Waals surface area contributed by atoms with Gasteiger partial charge in [-0.2, -0.15) is 5.10 Å². The van der Waals surface area contributed by atoms with Crippen LogP contribution in [-0.2, 0) is 11.3 Å². The lowest BCUT2D eigenvalue weighted by Crippen LogP contribution is -2.36. The molecule has 1 atom stereocenters. The van der Waals surface area contributed by atoms with Crippen LogP contribution in [0.3, 0.4) is 0 Å². The van der Waals surface area contributed by atoms with Gasteiger partial charge in [0.15, 0.2) is 0 Å². The summed E-state index contributed by atoms with van der Waals surface area (Å²) in [6, 6.07) is 9.93. The highest BCUT2D eigenvalue weighted by Crippen LogP contribution is 2.20. The number of aromatic nitrogens is 3. The summed E-state index contributed by atoms with van der Waals surface area (Å²) in [6.07, 6.45) is 5.20. The van der Waals surface area contributed by atoms with Gasteiger partial charge in [-0.3, -0.25) is 14.7 Å². The largest absolute Gasteiger partial charge is 0.348 e. The third-order valence-electron chi connectivity index (χ3n) is 4.56. The molecule has 1 aromatic carbocycles. The summed E-state index contributed by atoms with van der Waals surface area (Å²) < 4.78 is 15.2. The number of nitrogens with zero attached hydrogens (tertiary/aromatic N) is 4. The van der Waals surface area contributed by atoms with Crippen molar-refractivity contribution in [1.82, 2.24) is 25.0 Å². The van der Waals surface area contributed by atoms with E-state index < -0.39 is 0 Å². The van der Waals surface area contributed by atoms with Gasteiger partial charge in [-0.25, -0.2) is 9.07 Å². The fourth-order valence-electron chi connectivity index (χ4n) is 3.18. The summed E-state index contributed by atoms with van der Waals surface area (Å²) in [5, 5.41) is 7.36. The third-order valence-corrected chi connectivity index (χ3v) is 4.56. The fourth-order valence-corrected chi connectivity index (χ4v) is 3.18. The minimum Gasteiger partial charge on any atom is -0.348 e. The van der Waals surface area contributed by atoms with Crippen molar-refractivity contribution in [1.29, 1.82) is 0 Å². The fraction of sp³-hybridized carbons (Fsp3) is 0.286. The number of pyridine rings is 1. The topological polar surface area (TPSA) is 63.1 Å². The molecular formula is C21H24FN5O. The second-order valence-electron chi connectivity index (χ2n) is 6.89. The Hall–Kier alpha value is -3.06. The van der Waals surface area contributed by atoms with E-state index in [1.54, 1.807) is 35.4 Å². The summed E-state index contributed by atoms with van der Waals surface area (Å²) in [4.78, 5) is 18.4. The molecule has 0 bridgehead atoms. The van der Waals surface area contributed by atoms with Gasteiger partial charge >= 0.3 is 0 Å². The maximum atomic E-state index is 13.5. The Labute approximate surface area is 164 Å². The Morgan fingerprint density at radius 1 is 1.29 bits per heavy atom. The molecule has 0 saturated carbocycles. The van der Waals surface area contributed by atoms with Crippen molar-refractivity contribution in [3.8, 4) is 5.69 Å². The molecule has 3 rings (SSSR count). The van der Waals surface area contributed by atoms with Crippen molar-refractivity contribution in [2.75, 3.05) is 13.6 Å². The van der Waals surface area contributed by atoms with Crippen LogP contribution in [0.1, 0.15) is 29.8 Å². The van der Waals surface area contributed by atoms with Crippen molar-refractivity contribution in [2.24, 2.45) is 0 Å². The van der Waals surface area contributed by atoms with Crippen LogP contribution in [0.15, 0.2) is 55.0 Å². The normalized spacial score (nSPS) is 12.2. The van der Waals surface area contributed by atoms with Crippen molar-refractivity contribution >= 4 is 5.91 Å². The molecule has 1 unspecified atom stereocenters. The highest BCUT2D eigenvalue weighted by Gasteiger charge is 2.17. The SMILES string of the molecule is Cc1c(C(C)NC(=O)CN(C)Cc2ccncc2)cnn1-c1cccc(F)c1. The van der Waals surface area contributed by atoms with Gasteiger partial charge in [-0.1, -0.05) is 6.07 Å². The smallest absolute Gasteiger partial charge is 0.234 e. The predicted octanol–water partition coefficient (Wildman–Crippen LogP) is 3.02. The van der Waals surface area contributed by atoms with Gasteiger partial charge in [0.1, 0.15) is 5.82 Å². The predicted molar refractivity (Wildman–Crippen MR) is 105 cm³/mol. The molecule has 0 saturated heterocycles. The first-order chi connectivity index (χ1) is 13.4. The molecule has 1 N–H and O–H groups in total. The number of carbonyl (C=O) groups is 1. The van der Waals surface area contributed by atoms with E-state index in [2.05, 4.69) is 15.4 Å². The van der Waals surface area contributed by atoms with E-state index in [4.69, 9.17) is 0 Å². The second kappa shape index (κ2) is 8.75. The van der Waals surface area contributed by atoms with E-state index in [-0.39, 0.29) is 24.3 Å². The quantitative estimate of drug-likeness (QED) is 0.683. The van der Waals surface area contributed by atoms with Crippen LogP contribution in [-0.4, -0.2) is 39.2 Å². The van der Waals surface area contributed by atoms with Gasteiger partial charge in [0.2, 0.25) is 5.91 Å². The lowest BCUT2D eigenvalue weighted by Gasteiger charge is -2.19. The second-order valence-corrected chi connectivity index (χ2v) is 6.89. The Morgan fingerprint density at radius 2 is 2.04 bits per heavy atom. The van der Waals surface area contributed by atoms with Gasteiger partial charge in [0, 0.05) is 30.2 Å². The Balaban J connectivity index is 1.61. The summed E-state index contributed by atoms with van der Waals surface area (Å²) >= 11 is 0. The maximum Gasteiger partial charge on any atom is 0.234 e. The number of hydrogen-bond acceptors (Lipinski definition) is 4. The molecule has 0 fully saturated rings. The van der Waals surface area contributed by atoms with Crippen LogP contribution in [0.25, 0.3) is 5.69 Å². The minimum atomic E-state index is -0.312. The lowest BCUT2D eigenvalue weighted by molar-refractivity contribution is -0.122. The average Bonchev–Trinajstić information content (AvgIpc) is 3.04. The number of halogens is 1. The average molecular weight is 381 g/mol. The maximum absolute atomic E-state index is 13.5. The van der Waals surface area contributed by atoms with E-state index >= 15 is 0 Å². The molecule has 1 amide bonds. The minimum absolute atomic E-state index is 0.0676.